The largest absolute Gasteiger partial charge is 0.484 e. The molecular weight excluding hydrogens is 414 g/mol. The number of fused-ring (bicyclic) bond motifs is 1. The molecule has 7 nitrogen and oxygen atoms in total. The molecule has 1 amide bonds. The molecule has 2 aromatic heterocycles. The lowest BCUT2D eigenvalue weighted by molar-refractivity contribution is -0.133. The summed E-state index contributed by atoms with van der Waals surface area (Å²) in [6.07, 6.45) is 1.77. The highest BCUT2D eigenvalue weighted by Crippen LogP contribution is 2.27. The summed E-state index contributed by atoms with van der Waals surface area (Å²) in [6.45, 7) is 6.99. The molecule has 1 saturated heterocycles. The Kier molecular flexibility index (Phi) is 5.69. The molecule has 0 saturated carbocycles. The summed E-state index contributed by atoms with van der Waals surface area (Å²) in [6, 6.07) is 19.8. The SMILES string of the molecule is Cc1nn(-c2ccccn2)c(C)c1N1CCN(C(=O)COc2ccc3ccccc3c2)CC1. The Balaban J connectivity index is 1.20. The molecule has 1 aliphatic heterocycles. The van der Waals surface area contributed by atoms with Crippen molar-refractivity contribution in [3.8, 4) is 11.6 Å². The quantitative estimate of drug-likeness (QED) is 0.472. The summed E-state index contributed by atoms with van der Waals surface area (Å²) in [4.78, 5) is 21.4. The number of benzene rings is 2. The Morgan fingerprint density at radius 2 is 1.70 bits per heavy atom. The minimum Gasteiger partial charge on any atom is -0.484 e. The van der Waals surface area contributed by atoms with Crippen molar-refractivity contribution in [2.75, 3.05) is 37.7 Å². The van der Waals surface area contributed by atoms with Crippen LogP contribution in [0.3, 0.4) is 0 Å². The van der Waals surface area contributed by atoms with Crippen molar-refractivity contribution >= 4 is 22.4 Å². The van der Waals surface area contributed by atoms with Crippen LogP contribution in [0.4, 0.5) is 5.69 Å². The van der Waals surface area contributed by atoms with Crippen LogP contribution in [0.1, 0.15) is 11.4 Å². The molecule has 3 heterocycles. The van der Waals surface area contributed by atoms with Gasteiger partial charge in [0.1, 0.15) is 5.75 Å². The van der Waals surface area contributed by atoms with E-state index in [4.69, 9.17) is 9.84 Å². The van der Waals surface area contributed by atoms with E-state index < -0.39 is 0 Å². The summed E-state index contributed by atoms with van der Waals surface area (Å²) < 4.78 is 7.69. The van der Waals surface area contributed by atoms with Crippen LogP contribution in [0, 0.1) is 13.8 Å². The zero-order chi connectivity index (χ0) is 22.8. The highest BCUT2D eigenvalue weighted by Gasteiger charge is 2.26. The number of aromatic nitrogens is 3. The summed E-state index contributed by atoms with van der Waals surface area (Å²) in [5, 5.41) is 6.97. The second kappa shape index (κ2) is 8.94. The third-order valence-corrected chi connectivity index (χ3v) is 6.15. The van der Waals surface area contributed by atoms with Crippen molar-refractivity contribution in [1.82, 2.24) is 19.7 Å². The molecule has 0 unspecified atom stereocenters. The highest BCUT2D eigenvalue weighted by molar-refractivity contribution is 5.84. The predicted molar refractivity (Wildman–Crippen MR) is 129 cm³/mol. The van der Waals surface area contributed by atoms with E-state index in [1.807, 2.05) is 71.1 Å². The van der Waals surface area contributed by atoms with Crippen molar-refractivity contribution in [2.45, 2.75) is 13.8 Å². The third-order valence-electron chi connectivity index (χ3n) is 6.15. The summed E-state index contributed by atoms with van der Waals surface area (Å²) >= 11 is 0. The van der Waals surface area contributed by atoms with Crippen molar-refractivity contribution in [3.63, 3.8) is 0 Å². The average molecular weight is 442 g/mol. The second-order valence-electron chi connectivity index (χ2n) is 8.28. The number of aryl methyl sites for hydroxylation is 1. The van der Waals surface area contributed by atoms with Crippen LogP contribution in [0.25, 0.3) is 16.6 Å². The van der Waals surface area contributed by atoms with Gasteiger partial charge in [0.05, 0.1) is 17.1 Å². The van der Waals surface area contributed by atoms with E-state index in [2.05, 4.69) is 22.9 Å². The van der Waals surface area contributed by atoms with Crippen LogP contribution < -0.4 is 9.64 Å². The van der Waals surface area contributed by atoms with Gasteiger partial charge < -0.3 is 14.5 Å². The minimum atomic E-state index is 0.0143. The number of amides is 1. The first-order valence-corrected chi connectivity index (χ1v) is 11.2. The van der Waals surface area contributed by atoms with Crippen LogP contribution in [0.5, 0.6) is 5.75 Å². The van der Waals surface area contributed by atoms with E-state index in [1.54, 1.807) is 6.20 Å². The molecule has 0 N–H and O–H groups in total. The van der Waals surface area contributed by atoms with Gasteiger partial charge in [-0.15, -0.1) is 0 Å². The summed E-state index contributed by atoms with van der Waals surface area (Å²) in [5.41, 5.74) is 3.16. The molecule has 0 radical (unpaired) electrons. The maximum atomic E-state index is 12.8. The molecule has 5 rings (SSSR count). The Morgan fingerprint density at radius 1 is 0.939 bits per heavy atom. The zero-order valence-corrected chi connectivity index (χ0v) is 18.9. The van der Waals surface area contributed by atoms with Crippen LogP contribution in [0.15, 0.2) is 66.9 Å². The van der Waals surface area contributed by atoms with Gasteiger partial charge in [0.2, 0.25) is 0 Å². The van der Waals surface area contributed by atoms with Gasteiger partial charge in [0, 0.05) is 32.4 Å². The van der Waals surface area contributed by atoms with Gasteiger partial charge in [0.25, 0.3) is 5.91 Å². The Morgan fingerprint density at radius 3 is 2.45 bits per heavy atom. The van der Waals surface area contributed by atoms with Crippen molar-refractivity contribution in [1.29, 1.82) is 0 Å². The van der Waals surface area contributed by atoms with Gasteiger partial charge >= 0.3 is 0 Å². The fourth-order valence-corrected chi connectivity index (χ4v) is 4.47. The maximum absolute atomic E-state index is 12.8. The van der Waals surface area contributed by atoms with Crippen LogP contribution in [0.2, 0.25) is 0 Å². The Hall–Kier alpha value is -3.87. The van der Waals surface area contributed by atoms with Gasteiger partial charge in [-0.05, 0) is 48.9 Å². The molecule has 0 spiro atoms. The van der Waals surface area contributed by atoms with E-state index in [1.165, 1.54) is 0 Å². The van der Waals surface area contributed by atoms with E-state index in [0.29, 0.717) is 18.8 Å². The van der Waals surface area contributed by atoms with Gasteiger partial charge in [-0.1, -0.05) is 36.4 Å². The maximum Gasteiger partial charge on any atom is 0.260 e. The highest BCUT2D eigenvalue weighted by atomic mass is 16.5. The van der Waals surface area contributed by atoms with E-state index >= 15 is 0 Å². The normalized spacial score (nSPS) is 14.0. The fraction of sp³-hybridized carbons (Fsp3) is 0.269. The van der Waals surface area contributed by atoms with Crippen molar-refractivity contribution in [3.05, 3.63) is 78.2 Å². The number of pyridine rings is 1. The van der Waals surface area contributed by atoms with Gasteiger partial charge in [0.15, 0.2) is 12.4 Å². The number of nitrogens with zero attached hydrogens (tertiary/aromatic N) is 5. The Bertz CT molecular complexity index is 1280. The lowest BCUT2D eigenvalue weighted by Crippen LogP contribution is -2.50. The first-order chi connectivity index (χ1) is 16.1. The molecule has 7 heteroatoms. The van der Waals surface area contributed by atoms with Gasteiger partial charge in [-0.3, -0.25) is 4.79 Å². The van der Waals surface area contributed by atoms with Crippen LogP contribution >= 0.6 is 0 Å². The second-order valence-corrected chi connectivity index (χ2v) is 8.28. The molecule has 0 bridgehead atoms. The molecule has 168 valence electrons. The number of carbonyl (C=O) groups is 1. The number of carbonyl (C=O) groups excluding carboxylic acids is 1. The van der Waals surface area contributed by atoms with Gasteiger partial charge in [-0.2, -0.15) is 5.10 Å². The Labute approximate surface area is 193 Å². The summed E-state index contributed by atoms with van der Waals surface area (Å²) in [5.74, 6) is 1.54. The lowest BCUT2D eigenvalue weighted by atomic mass is 10.1. The number of hydrogen-bond donors (Lipinski definition) is 0. The average Bonchev–Trinajstić information content (AvgIpc) is 3.16. The van der Waals surface area contributed by atoms with E-state index in [0.717, 1.165) is 46.8 Å². The minimum absolute atomic E-state index is 0.0143. The predicted octanol–water partition coefficient (Wildman–Crippen LogP) is 3.76. The van der Waals surface area contributed by atoms with Crippen LogP contribution in [-0.2, 0) is 4.79 Å². The van der Waals surface area contributed by atoms with Crippen molar-refractivity contribution < 1.29 is 9.53 Å². The first kappa shape index (κ1) is 21.0. The van der Waals surface area contributed by atoms with Crippen molar-refractivity contribution in [2.24, 2.45) is 0 Å². The number of piperazine rings is 1. The first-order valence-electron chi connectivity index (χ1n) is 11.2. The monoisotopic (exact) mass is 441 g/mol. The van der Waals surface area contributed by atoms with E-state index in [-0.39, 0.29) is 12.5 Å². The van der Waals surface area contributed by atoms with E-state index in [9.17, 15) is 4.79 Å². The third kappa shape index (κ3) is 4.26. The molecule has 1 fully saturated rings. The number of rotatable bonds is 5. The van der Waals surface area contributed by atoms with Crippen LogP contribution in [-0.4, -0.2) is 58.4 Å². The molecule has 33 heavy (non-hydrogen) atoms. The molecule has 2 aromatic carbocycles. The molecule has 0 aliphatic carbocycles. The topological polar surface area (TPSA) is 63.5 Å². The molecule has 1 aliphatic rings. The smallest absolute Gasteiger partial charge is 0.260 e. The zero-order valence-electron chi connectivity index (χ0n) is 18.9. The van der Waals surface area contributed by atoms with Gasteiger partial charge in [-0.25, -0.2) is 9.67 Å². The number of ether oxygens (including phenoxy) is 1. The summed E-state index contributed by atoms with van der Waals surface area (Å²) in [7, 11) is 0. The standard InChI is InChI=1S/C26H27N5O2/c1-19-26(20(2)31(28-19)24-9-5-6-12-27-24)30-15-13-29(14-16-30)25(32)18-33-23-11-10-21-7-3-4-8-22(21)17-23/h3-12,17H,13-16,18H2,1-2H3. The molecule has 0 atom stereocenters. The fourth-order valence-electron chi connectivity index (χ4n) is 4.47. The molecule has 4 aromatic rings. The lowest BCUT2D eigenvalue weighted by Gasteiger charge is -2.36. The number of anilines is 1. The number of hydrogen-bond acceptors (Lipinski definition) is 5. The molecular formula is C26H27N5O2.